The summed E-state index contributed by atoms with van der Waals surface area (Å²) in [5.41, 5.74) is 0. The third kappa shape index (κ3) is 6.36. The smallest absolute Gasteiger partial charge is 0.223 e. The summed E-state index contributed by atoms with van der Waals surface area (Å²) in [4.78, 5) is 26.4. The van der Waals surface area contributed by atoms with Gasteiger partial charge in [0.1, 0.15) is 5.75 Å². The van der Waals surface area contributed by atoms with E-state index >= 15 is 0 Å². The predicted octanol–water partition coefficient (Wildman–Crippen LogP) is 3.39. The van der Waals surface area contributed by atoms with E-state index in [0.29, 0.717) is 13.0 Å². The first-order chi connectivity index (χ1) is 12.6. The quantitative estimate of drug-likeness (QED) is 0.687. The van der Waals surface area contributed by atoms with E-state index in [0.717, 1.165) is 50.9 Å². The summed E-state index contributed by atoms with van der Waals surface area (Å²) in [5.74, 6) is 1.30. The maximum atomic E-state index is 12.3. The highest BCUT2D eigenvalue weighted by atomic mass is 16.5. The highest BCUT2D eigenvalue weighted by molar-refractivity contribution is 5.79. The van der Waals surface area contributed by atoms with Gasteiger partial charge >= 0.3 is 0 Å². The van der Waals surface area contributed by atoms with Gasteiger partial charge in [0.25, 0.3) is 0 Å². The molecule has 1 fully saturated rings. The standard InChI is InChI=1S/C21H32N2O3/c1-3-17(4-2)21(25)22-18-12-14-23(15-13-18)20(24)11-8-16-26-19-9-6-5-7-10-19/h5-7,9-10,17-18H,3-4,8,11-16H2,1-2H3,(H,22,25). The van der Waals surface area contributed by atoms with Gasteiger partial charge in [-0.1, -0.05) is 32.0 Å². The van der Waals surface area contributed by atoms with Crippen LogP contribution in [-0.4, -0.2) is 42.5 Å². The Hall–Kier alpha value is -2.04. The molecule has 144 valence electrons. The number of likely N-dealkylation sites (tertiary alicyclic amines) is 1. The number of para-hydroxylation sites is 1. The Kier molecular flexibility index (Phi) is 8.45. The van der Waals surface area contributed by atoms with Crippen LogP contribution in [0, 0.1) is 5.92 Å². The topological polar surface area (TPSA) is 58.6 Å². The molecule has 1 saturated heterocycles. The minimum absolute atomic E-state index is 0.110. The van der Waals surface area contributed by atoms with E-state index in [4.69, 9.17) is 4.74 Å². The Balaban J connectivity index is 1.62. The van der Waals surface area contributed by atoms with Crippen LogP contribution < -0.4 is 10.1 Å². The normalized spacial score (nSPS) is 15.1. The van der Waals surface area contributed by atoms with Crippen LogP contribution in [0.2, 0.25) is 0 Å². The largest absolute Gasteiger partial charge is 0.494 e. The number of rotatable bonds is 9. The number of nitrogens with one attached hydrogen (secondary N) is 1. The molecule has 5 nitrogen and oxygen atoms in total. The number of hydrogen-bond donors (Lipinski definition) is 1. The molecule has 1 aliphatic rings. The van der Waals surface area contributed by atoms with Crippen LogP contribution >= 0.6 is 0 Å². The average molecular weight is 360 g/mol. The van der Waals surface area contributed by atoms with Gasteiger partial charge in [0, 0.05) is 31.5 Å². The van der Waals surface area contributed by atoms with E-state index in [-0.39, 0.29) is 23.8 Å². The van der Waals surface area contributed by atoms with Crippen molar-refractivity contribution in [1.29, 1.82) is 0 Å². The summed E-state index contributed by atoms with van der Waals surface area (Å²) in [5, 5.41) is 3.15. The summed E-state index contributed by atoms with van der Waals surface area (Å²) in [6.45, 7) is 6.11. The zero-order chi connectivity index (χ0) is 18.8. The van der Waals surface area contributed by atoms with E-state index in [1.165, 1.54) is 0 Å². The van der Waals surface area contributed by atoms with E-state index in [1.807, 2.05) is 35.2 Å². The van der Waals surface area contributed by atoms with Crippen molar-refractivity contribution < 1.29 is 14.3 Å². The lowest BCUT2D eigenvalue weighted by Gasteiger charge is -2.33. The molecule has 2 amide bonds. The van der Waals surface area contributed by atoms with Crippen LogP contribution in [0.4, 0.5) is 0 Å². The fourth-order valence-corrected chi connectivity index (χ4v) is 3.34. The van der Waals surface area contributed by atoms with Crippen LogP contribution in [0.3, 0.4) is 0 Å². The van der Waals surface area contributed by atoms with Gasteiger partial charge < -0.3 is 15.0 Å². The molecule has 2 rings (SSSR count). The first kappa shape index (κ1) is 20.3. The lowest BCUT2D eigenvalue weighted by atomic mass is 9.99. The fourth-order valence-electron chi connectivity index (χ4n) is 3.34. The first-order valence-corrected chi connectivity index (χ1v) is 9.90. The Morgan fingerprint density at radius 1 is 1.15 bits per heavy atom. The second-order valence-corrected chi connectivity index (χ2v) is 6.94. The Bertz CT molecular complexity index is 550. The van der Waals surface area contributed by atoms with Gasteiger partial charge in [-0.2, -0.15) is 0 Å². The Morgan fingerprint density at radius 3 is 2.42 bits per heavy atom. The van der Waals surface area contributed by atoms with Gasteiger partial charge in [0.2, 0.25) is 11.8 Å². The van der Waals surface area contributed by atoms with Crippen LogP contribution in [0.1, 0.15) is 52.4 Å². The molecule has 1 heterocycles. The van der Waals surface area contributed by atoms with Crippen molar-refractivity contribution in [2.24, 2.45) is 5.92 Å². The third-order valence-corrected chi connectivity index (χ3v) is 5.10. The van der Waals surface area contributed by atoms with E-state index in [9.17, 15) is 9.59 Å². The molecule has 5 heteroatoms. The number of benzene rings is 1. The molecule has 1 N–H and O–H groups in total. The fraction of sp³-hybridized carbons (Fsp3) is 0.619. The zero-order valence-corrected chi connectivity index (χ0v) is 16.1. The molecule has 0 spiro atoms. The SMILES string of the molecule is CCC(CC)C(=O)NC1CCN(C(=O)CCCOc2ccccc2)CC1. The molecule has 1 aromatic rings. The molecule has 0 aromatic heterocycles. The molecule has 0 radical (unpaired) electrons. The van der Waals surface area contributed by atoms with Crippen molar-refractivity contribution in [3.05, 3.63) is 30.3 Å². The molecular formula is C21H32N2O3. The highest BCUT2D eigenvalue weighted by Gasteiger charge is 2.25. The number of hydrogen-bond acceptors (Lipinski definition) is 3. The summed E-state index contributed by atoms with van der Waals surface area (Å²) < 4.78 is 5.63. The monoisotopic (exact) mass is 360 g/mol. The van der Waals surface area contributed by atoms with Gasteiger partial charge in [0.05, 0.1) is 6.61 Å². The highest BCUT2D eigenvalue weighted by Crippen LogP contribution is 2.15. The number of ether oxygens (including phenoxy) is 1. The van der Waals surface area contributed by atoms with Gasteiger partial charge in [-0.05, 0) is 44.2 Å². The predicted molar refractivity (Wildman–Crippen MR) is 103 cm³/mol. The van der Waals surface area contributed by atoms with Crippen LogP contribution in [0.5, 0.6) is 5.75 Å². The van der Waals surface area contributed by atoms with Gasteiger partial charge in [-0.15, -0.1) is 0 Å². The molecule has 0 saturated carbocycles. The second kappa shape index (κ2) is 10.8. The summed E-state index contributed by atoms with van der Waals surface area (Å²) in [6.07, 6.45) is 4.68. The van der Waals surface area contributed by atoms with Crippen LogP contribution in [0.15, 0.2) is 30.3 Å². The Morgan fingerprint density at radius 2 is 1.81 bits per heavy atom. The van der Waals surface area contributed by atoms with Gasteiger partial charge in [-0.25, -0.2) is 0 Å². The summed E-state index contributed by atoms with van der Waals surface area (Å²) >= 11 is 0. The molecule has 0 atom stereocenters. The van der Waals surface area contributed by atoms with Crippen molar-refractivity contribution in [3.63, 3.8) is 0 Å². The van der Waals surface area contributed by atoms with Crippen molar-refractivity contribution in [2.45, 2.75) is 58.4 Å². The number of piperidine rings is 1. The lowest BCUT2D eigenvalue weighted by molar-refractivity contribution is -0.132. The van der Waals surface area contributed by atoms with E-state index < -0.39 is 0 Å². The Labute approximate surface area is 157 Å². The van der Waals surface area contributed by atoms with Crippen molar-refractivity contribution >= 4 is 11.8 Å². The molecule has 0 unspecified atom stereocenters. The van der Waals surface area contributed by atoms with Crippen molar-refractivity contribution in [3.8, 4) is 5.75 Å². The molecule has 1 aliphatic heterocycles. The van der Waals surface area contributed by atoms with E-state index in [1.54, 1.807) is 0 Å². The third-order valence-electron chi connectivity index (χ3n) is 5.10. The number of carbonyl (C=O) groups excluding carboxylic acids is 2. The zero-order valence-electron chi connectivity index (χ0n) is 16.1. The number of nitrogens with zero attached hydrogens (tertiary/aromatic N) is 1. The second-order valence-electron chi connectivity index (χ2n) is 6.94. The summed E-state index contributed by atoms with van der Waals surface area (Å²) in [6, 6.07) is 9.87. The van der Waals surface area contributed by atoms with Crippen molar-refractivity contribution in [1.82, 2.24) is 10.2 Å². The minimum Gasteiger partial charge on any atom is -0.494 e. The maximum Gasteiger partial charge on any atom is 0.223 e. The van der Waals surface area contributed by atoms with Crippen LogP contribution in [-0.2, 0) is 9.59 Å². The van der Waals surface area contributed by atoms with Gasteiger partial charge in [-0.3, -0.25) is 9.59 Å². The molecule has 0 bridgehead atoms. The minimum atomic E-state index is 0.110. The first-order valence-electron chi connectivity index (χ1n) is 9.90. The summed E-state index contributed by atoms with van der Waals surface area (Å²) in [7, 11) is 0. The van der Waals surface area contributed by atoms with Gasteiger partial charge in [0.15, 0.2) is 0 Å². The lowest BCUT2D eigenvalue weighted by Crippen LogP contribution is -2.47. The number of amides is 2. The van der Waals surface area contributed by atoms with Crippen molar-refractivity contribution in [2.75, 3.05) is 19.7 Å². The molecule has 0 aliphatic carbocycles. The maximum absolute atomic E-state index is 12.3. The molecular weight excluding hydrogens is 328 g/mol. The molecule has 1 aromatic carbocycles. The number of carbonyl (C=O) groups is 2. The molecule has 26 heavy (non-hydrogen) atoms. The van der Waals surface area contributed by atoms with E-state index in [2.05, 4.69) is 19.2 Å². The average Bonchev–Trinajstić information content (AvgIpc) is 2.67. The van der Waals surface area contributed by atoms with Crippen LogP contribution in [0.25, 0.3) is 0 Å².